The van der Waals surface area contributed by atoms with Crippen LogP contribution < -0.4 is 5.56 Å². The number of aromatic nitrogens is 2. The Labute approximate surface area is 118 Å². The minimum Gasteiger partial charge on any atom is -0.294 e. The van der Waals surface area contributed by atoms with Crippen LogP contribution >= 0.6 is 23.4 Å². The summed E-state index contributed by atoms with van der Waals surface area (Å²) in [6, 6.07) is 6.94. The molecule has 0 aliphatic heterocycles. The first-order valence-corrected chi connectivity index (χ1v) is 7.31. The van der Waals surface area contributed by atoms with Crippen molar-refractivity contribution in [3.63, 3.8) is 0 Å². The monoisotopic (exact) mass is 297 g/mol. The second kappa shape index (κ2) is 6.08. The van der Waals surface area contributed by atoms with E-state index < -0.39 is 0 Å². The van der Waals surface area contributed by atoms with Gasteiger partial charge in [-0.25, -0.2) is 4.68 Å². The number of hydrogen-bond donors (Lipinski definition) is 1. The molecule has 7 heteroatoms. The van der Waals surface area contributed by atoms with E-state index in [0.717, 1.165) is 5.69 Å². The van der Waals surface area contributed by atoms with Gasteiger partial charge in [-0.1, -0.05) is 22.8 Å². The molecule has 0 aliphatic rings. The Bertz CT molecular complexity index is 651. The molecule has 0 bridgehead atoms. The highest BCUT2D eigenvalue weighted by Gasteiger charge is 2.15. The Morgan fingerprint density at radius 2 is 2.26 bits per heavy atom. The van der Waals surface area contributed by atoms with Gasteiger partial charge < -0.3 is 0 Å². The predicted molar refractivity (Wildman–Crippen MR) is 78.1 cm³/mol. The lowest BCUT2D eigenvalue weighted by atomic mass is 10.2. The molecule has 2 rings (SSSR count). The van der Waals surface area contributed by atoms with Crippen LogP contribution in [-0.4, -0.2) is 16.0 Å². The van der Waals surface area contributed by atoms with Gasteiger partial charge in [0.05, 0.1) is 16.9 Å². The fourth-order valence-corrected chi connectivity index (χ4v) is 2.52. The molecular formula is C12H12ClN3O2S. The molecule has 0 saturated heterocycles. The number of H-pyrrole nitrogens is 1. The topological polar surface area (TPSA) is 67.2 Å². The third-order valence-corrected chi connectivity index (χ3v) is 3.46. The maximum Gasteiger partial charge on any atom is 0.276 e. The van der Waals surface area contributed by atoms with Crippen LogP contribution in [0.15, 0.2) is 34.2 Å². The summed E-state index contributed by atoms with van der Waals surface area (Å²) in [6.07, 6.45) is 1.92. The Kier molecular flexibility index (Phi) is 4.44. The van der Waals surface area contributed by atoms with Gasteiger partial charge in [-0.3, -0.25) is 9.89 Å². The molecule has 100 valence electrons. The van der Waals surface area contributed by atoms with E-state index in [1.165, 1.54) is 4.68 Å². The lowest BCUT2D eigenvalue weighted by Crippen LogP contribution is -2.17. The van der Waals surface area contributed by atoms with E-state index in [9.17, 15) is 9.70 Å². The first kappa shape index (κ1) is 13.9. The van der Waals surface area contributed by atoms with Crippen molar-refractivity contribution in [2.45, 2.75) is 12.3 Å². The molecule has 0 radical (unpaired) electrons. The third-order valence-electron chi connectivity index (χ3n) is 2.65. The van der Waals surface area contributed by atoms with E-state index in [-0.39, 0.29) is 12.1 Å². The lowest BCUT2D eigenvalue weighted by molar-refractivity contribution is 0.832. The van der Waals surface area contributed by atoms with Crippen LogP contribution in [0.2, 0.25) is 5.02 Å². The van der Waals surface area contributed by atoms with Crippen molar-refractivity contribution in [2.75, 3.05) is 6.26 Å². The fourth-order valence-electron chi connectivity index (χ4n) is 1.81. The van der Waals surface area contributed by atoms with Crippen molar-refractivity contribution in [3.05, 3.63) is 55.8 Å². The Morgan fingerprint density at radius 3 is 2.89 bits per heavy atom. The maximum atomic E-state index is 12.2. The molecule has 0 amide bonds. The molecule has 0 atom stereocenters. The zero-order valence-corrected chi connectivity index (χ0v) is 11.8. The summed E-state index contributed by atoms with van der Waals surface area (Å²) in [5, 5.41) is 6.36. The minimum atomic E-state index is -0.258. The summed E-state index contributed by atoms with van der Waals surface area (Å²) in [5.74, 6) is 0.619. The lowest BCUT2D eigenvalue weighted by Gasteiger charge is -2.01. The van der Waals surface area contributed by atoms with E-state index in [0.29, 0.717) is 22.0 Å². The smallest absolute Gasteiger partial charge is 0.276 e. The average Bonchev–Trinajstić information content (AvgIpc) is 2.69. The van der Waals surface area contributed by atoms with E-state index in [1.54, 1.807) is 36.0 Å². The van der Waals surface area contributed by atoms with Crippen LogP contribution in [0.3, 0.4) is 0 Å². The zero-order chi connectivity index (χ0) is 13.8. The number of benzene rings is 1. The van der Waals surface area contributed by atoms with E-state index in [1.807, 2.05) is 6.26 Å². The van der Waals surface area contributed by atoms with Crippen LogP contribution in [0, 0.1) is 4.91 Å². The zero-order valence-electron chi connectivity index (χ0n) is 10.2. The first-order chi connectivity index (χ1) is 9.17. The Balaban J connectivity index is 2.55. The van der Waals surface area contributed by atoms with Gasteiger partial charge in [-0.2, -0.15) is 16.7 Å². The van der Waals surface area contributed by atoms with Crippen molar-refractivity contribution in [1.29, 1.82) is 0 Å². The predicted octanol–water partition coefficient (Wildman–Crippen LogP) is 2.95. The van der Waals surface area contributed by atoms with Gasteiger partial charge in [-0.15, -0.1) is 0 Å². The number of nitrogens with zero attached hydrogens (tertiary/aromatic N) is 2. The molecule has 5 nitrogen and oxygen atoms in total. The number of halogens is 1. The van der Waals surface area contributed by atoms with Crippen molar-refractivity contribution >= 4 is 23.4 Å². The first-order valence-electron chi connectivity index (χ1n) is 5.54. The van der Waals surface area contributed by atoms with Gasteiger partial charge >= 0.3 is 0 Å². The summed E-state index contributed by atoms with van der Waals surface area (Å²) in [6.45, 7) is -0.126. The van der Waals surface area contributed by atoms with Gasteiger partial charge in [-0.05, 0) is 24.5 Å². The van der Waals surface area contributed by atoms with Crippen molar-refractivity contribution in [2.24, 2.45) is 5.18 Å². The van der Waals surface area contributed by atoms with Gasteiger partial charge in [0.2, 0.25) is 0 Å². The molecule has 0 spiro atoms. The molecule has 1 aromatic heterocycles. The van der Waals surface area contributed by atoms with Crippen LogP contribution in [0.1, 0.15) is 11.3 Å². The highest BCUT2D eigenvalue weighted by Crippen LogP contribution is 2.16. The second-order valence-electron chi connectivity index (χ2n) is 3.91. The fraction of sp³-hybridized carbons (Fsp3) is 0.250. The van der Waals surface area contributed by atoms with Gasteiger partial charge in [0.1, 0.15) is 6.54 Å². The number of aromatic amines is 1. The number of nitroso groups, excluding NO2 is 1. The van der Waals surface area contributed by atoms with Crippen LogP contribution in [0.25, 0.3) is 5.69 Å². The normalized spacial score (nSPS) is 10.6. The molecule has 0 saturated carbocycles. The molecular weight excluding hydrogens is 286 g/mol. The van der Waals surface area contributed by atoms with Crippen LogP contribution in [0.5, 0.6) is 0 Å². The summed E-state index contributed by atoms with van der Waals surface area (Å²) in [7, 11) is 0. The highest BCUT2D eigenvalue weighted by atomic mass is 35.5. The summed E-state index contributed by atoms with van der Waals surface area (Å²) in [4.78, 5) is 22.7. The summed E-state index contributed by atoms with van der Waals surface area (Å²) < 4.78 is 1.39. The number of thioether (sulfide) groups is 1. The molecule has 1 heterocycles. The number of rotatable bonds is 5. The van der Waals surface area contributed by atoms with Crippen molar-refractivity contribution in [3.8, 4) is 5.69 Å². The molecule has 2 aromatic rings. The Hall–Kier alpha value is -1.53. The van der Waals surface area contributed by atoms with Gasteiger partial charge in [0.15, 0.2) is 0 Å². The third kappa shape index (κ3) is 2.90. The average molecular weight is 298 g/mol. The van der Waals surface area contributed by atoms with Crippen molar-refractivity contribution in [1.82, 2.24) is 9.78 Å². The largest absolute Gasteiger partial charge is 0.294 e. The molecule has 1 aromatic carbocycles. The van der Waals surface area contributed by atoms with Gasteiger partial charge in [0.25, 0.3) is 5.56 Å². The molecule has 0 aliphatic carbocycles. The maximum absolute atomic E-state index is 12.2. The summed E-state index contributed by atoms with van der Waals surface area (Å²) >= 11 is 7.48. The second-order valence-corrected chi connectivity index (χ2v) is 5.21. The number of hydrogen-bond acceptors (Lipinski definition) is 4. The molecule has 1 N–H and O–H groups in total. The van der Waals surface area contributed by atoms with E-state index >= 15 is 0 Å². The van der Waals surface area contributed by atoms with E-state index in [2.05, 4.69) is 10.3 Å². The van der Waals surface area contributed by atoms with Crippen LogP contribution in [-0.2, 0) is 12.3 Å². The number of nitrogens with one attached hydrogen (secondary N) is 1. The molecule has 0 fully saturated rings. The van der Waals surface area contributed by atoms with Gasteiger partial charge in [0, 0.05) is 10.8 Å². The molecule has 0 unspecified atom stereocenters. The van der Waals surface area contributed by atoms with Crippen LogP contribution in [0.4, 0.5) is 0 Å². The standard InChI is InChI=1S/C12H12ClN3O2S/c1-19-7-11-10(6-14-18)12(17)16(15-11)9-4-2-3-8(13)5-9/h2-5,15H,6-7H2,1H3. The summed E-state index contributed by atoms with van der Waals surface area (Å²) in [5.41, 5.74) is 1.50. The minimum absolute atomic E-state index is 0.126. The van der Waals surface area contributed by atoms with Crippen molar-refractivity contribution < 1.29 is 0 Å². The highest BCUT2D eigenvalue weighted by molar-refractivity contribution is 7.97. The van der Waals surface area contributed by atoms with E-state index in [4.69, 9.17) is 11.6 Å². The SMILES string of the molecule is CSCc1[nH]n(-c2cccc(Cl)c2)c(=O)c1CN=O. The molecule has 19 heavy (non-hydrogen) atoms. The Morgan fingerprint density at radius 1 is 1.47 bits per heavy atom. The quantitative estimate of drug-likeness (QED) is 0.863.